The van der Waals surface area contributed by atoms with Crippen LogP contribution in [0.4, 0.5) is 0 Å². The Balaban J connectivity index is 1.67. The molecule has 0 fully saturated rings. The predicted octanol–water partition coefficient (Wildman–Crippen LogP) is 3.53. The normalized spacial score (nSPS) is 10.5. The Hall–Kier alpha value is -2.92. The molecule has 0 aliphatic heterocycles. The zero-order valence-corrected chi connectivity index (χ0v) is 14.3. The number of aromatic nitrogens is 1. The number of carbonyl (C=O) groups excluding carboxylic acids is 2. The zero-order valence-electron chi connectivity index (χ0n) is 13.5. The lowest BCUT2D eigenvalue weighted by molar-refractivity contribution is 0.0847. The quantitative estimate of drug-likeness (QED) is 0.559. The molecule has 5 nitrogen and oxygen atoms in total. The average Bonchev–Trinajstić information content (AvgIpc) is 2.65. The molecule has 2 amide bonds. The van der Waals surface area contributed by atoms with E-state index in [4.69, 9.17) is 11.6 Å². The van der Waals surface area contributed by atoms with Gasteiger partial charge in [-0.3, -0.25) is 20.4 Å². The number of carbonyl (C=O) groups is 2. The molecule has 0 spiro atoms. The molecule has 0 aliphatic carbocycles. The summed E-state index contributed by atoms with van der Waals surface area (Å²) in [6, 6.07) is 15.7. The standard InChI is InChI=1S/C19H16ClN3O2/c1-2-12-3-5-13(6-4-12)18(24)22-23-19(25)15-7-9-16-14(11-15)8-10-17(20)21-16/h3-11H,2H2,1H3,(H,22,24)(H,23,25). The molecule has 0 radical (unpaired) electrons. The van der Waals surface area contributed by atoms with Crippen LogP contribution in [0, 0.1) is 0 Å². The van der Waals surface area contributed by atoms with Gasteiger partial charge < -0.3 is 0 Å². The Bertz CT molecular complexity index is 939. The number of nitrogens with zero attached hydrogens (tertiary/aromatic N) is 1. The lowest BCUT2D eigenvalue weighted by Gasteiger charge is -2.08. The van der Waals surface area contributed by atoms with Gasteiger partial charge in [0.25, 0.3) is 11.8 Å². The van der Waals surface area contributed by atoms with Crippen molar-refractivity contribution in [2.45, 2.75) is 13.3 Å². The Morgan fingerprint density at radius 2 is 1.56 bits per heavy atom. The summed E-state index contributed by atoms with van der Waals surface area (Å²) in [6.45, 7) is 2.04. The summed E-state index contributed by atoms with van der Waals surface area (Å²) in [6.07, 6.45) is 0.903. The number of pyridine rings is 1. The number of hydrazine groups is 1. The lowest BCUT2D eigenvalue weighted by Crippen LogP contribution is -2.41. The van der Waals surface area contributed by atoms with Crippen molar-refractivity contribution in [3.05, 3.63) is 76.4 Å². The van der Waals surface area contributed by atoms with Crippen LogP contribution in [-0.4, -0.2) is 16.8 Å². The van der Waals surface area contributed by atoms with Gasteiger partial charge in [-0.25, -0.2) is 4.98 Å². The van der Waals surface area contributed by atoms with Crippen LogP contribution in [0.15, 0.2) is 54.6 Å². The van der Waals surface area contributed by atoms with E-state index in [1.807, 2.05) is 19.1 Å². The molecule has 25 heavy (non-hydrogen) atoms. The van der Waals surface area contributed by atoms with Crippen molar-refractivity contribution in [1.82, 2.24) is 15.8 Å². The van der Waals surface area contributed by atoms with Crippen molar-refractivity contribution in [3.63, 3.8) is 0 Å². The molecule has 0 unspecified atom stereocenters. The fraction of sp³-hybridized carbons (Fsp3) is 0.105. The average molecular weight is 354 g/mol. The molecular weight excluding hydrogens is 338 g/mol. The number of rotatable bonds is 3. The Kier molecular flexibility index (Phi) is 4.95. The molecule has 0 aliphatic rings. The molecule has 0 saturated carbocycles. The van der Waals surface area contributed by atoms with Crippen molar-refractivity contribution in [3.8, 4) is 0 Å². The minimum absolute atomic E-state index is 0.370. The number of hydrogen-bond donors (Lipinski definition) is 2. The van der Waals surface area contributed by atoms with Crippen molar-refractivity contribution in [2.75, 3.05) is 0 Å². The number of nitrogens with one attached hydrogen (secondary N) is 2. The highest BCUT2D eigenvalue weighted by atomic mass is 35.5. The van der Waals surface area contributed by atoms with E-state index in [1.54, 1.807) is 42.5 Å². The number of halogens is 1. The molecule has 3 aromatic rings. The van der Waals surface area contributed by atoms with Crippen LogP contribution in [0.5, 0.6) is 0 Å². The number of benzene rings is 2. The number of hydrogen-bond acceptors (Lipinski definition) is 3. The van der Waals surface area contributed by atoms with Crippen LogP contribution in [0.3, 0.4) is 0 Å². The summed E-state index contributed by atoms with van der Waals surface area (Å²) >= 11 is 5.84. The molecule has 126 valence electrons. The van der Waals surface area contributed by atoms with E-state index in [9.17, 15) is 9.59 Å². The summed E-state index contributed by atoms with van der Waals surface area (Å²) in [5, 5.41) is 1.18. The fourth-order valence-electron chi connectivity index (χ4n) is 2.39. The van der Waals surface area contributed by atoms with Gasteiger partial charge in [-0.1, -0.05) is 30.7 Å². The van der Waals surface area contributed by atoms with Gasteiger partial charge in [0.15, 0.2) is 0 Å². The van der Waals surface area contributed by atoms with Gasteiger partial charge in [-0.05, 0) is 54.4 Å². The van der Waals surface area contributed by atoms with Gasteiger partial charge >= 0.3 is 0 Å². The Morgan fingerprint density at radius 1 is 0.920 bits per heavy atom. The molecule has 2 aromatic carbocycles. The van der Waals surface area contributed by atoms with Crippen molar-refractivity contribution < 1.29 is 9.59 Å². The van der Waals surface area contributed by atoms with Crippen LogP contribution < -0.4 is 10.9 Å². The second-order valence-electron chi connectivity index (χ2n) is 5.50. The highest BCUT2D eigenvalue weighted by Gasteiger charge is 2.10. The van der Waals surface area contributed by atoms with Gasteiger partial charge in [-0.2, -0.15) is 0 Å². The monoisotopic (exact) mass is 353 g/mol. The zero-order chi connectivity index (χ0) is 17.8. The summed E-state index contributed by atoms with van der Waals surface area (Å²) in [5.41, 5.74) is 7.57. The van der Waals surface area contributed by atoms with Crippen LogP contribution in [-0.2, 0) is 6.42 Å². The maximum atomic E-state index is 12.2. The molecule has 0 atom stereocenters. The van der Waals surface area contributed by atoms with Crippen LogP contribution >= 0.6 is 11.6 Å². The van der Waals surface area contributed by atoms with E-state index < -0.39 is 5.91 Å². The summed E-state index contributed by atoms with van der Waals surface area (Å²) in [5.74, 6) is -0.777. The lowest BCUT2D eigenvalue weighted by atomic mass is 10.1. The van der Waals surface area contributed by atoms with Gasteiger partial charge in [0, 0.05) is 16.5 Å². The Labute approximate surface area is 150 Å². The van der Waals surface area contributed by atoms with Gasteiger partial charge in [0.2, 0.25) is 0 Å². The third-order valence-corrected chi connectivity index (χ3v) is 4.04. The molecule has 2 N–H and O–H groups in total. The molecular formula is C19H16ClN3O2. The first-order valence-corrected chi connectivity index (χ1v) is 8.20. The summed E-state index contributed by atoms with van der Waals surface area (Å²) in [7, 11) is 0. The maximum Gasteiger partial charge on any atom is 0.269 e. The highest BCUT2D eigenvalue weighted by Crippen LogP contribution is 2.17. The SMILES string of the molecule is CCc1ccc(C(=O)NNC(=O)c2ccc3nc(Cl)ccc3c2)cc1. The highest BCUT2D eigenvalue weighted by molar-refractivity contribution is 6.29. The molecule has 0 saturated heterocycles. The molecule has 6 heteroatoms. The third-order valence-electron chi connectivity index (χ3n) is 3.83. The number of aryl methyl sites for hydroxylation is 1. The van der Waals surface area contributed by atoms with E-state index in [-0.39, 0.29) is 5.91 Å². The van der Waals surface area contributed by atoms with Crippen molar-refractivity contribution >= 4 is 34.3 Å². The van der Waals surface area contributed by atoms with Crippen molar-refractivity contribution in [1.29, 1.82) is 0 Å². The third kappa shape index (κ3) is 3.95. The summed E-state index contributed by atoms with van der Waals surface area (Å²) < 4.78 is 0. The first-order valence-electron chi connectivity index (χ1n) is 7.83. The van der Waals surface area contributed by atoms with Crippen LogP contribution in [0.1, 0.15) is 33.2 Å². The van der Waals surface area contributed by atoms with E-state index >= 15 is 0 Å². The van der Waals surface area contributed by atoms with Gasteiger partial charge in [0.05, 0.1) is 5.52 Å². The largest absolute Gasteiger partial charge is 0.269 e. The van der Waals surface area contributed by atoms with Gasteiger partial charge in [0.1, 0.15) is 5.15 Å². The minimum atomic E-state index is -0.407. The second-order valence-corrected chi connectivity index (χ2v) is 5.89. The van der Waals surface area contributed by atoms with Crippen LogP contribution in [0.25, 0.3) is 10.9 Å². The molecule has 3 rings (SSSR count). The topological polar surface area (TPSA) is 71.1 Å². The van der Waals surface area contributed by atoms with E-state index in [1.165, 1.54) is 0 Å². The maximum absolute atomic E-state index is 12.2. The van der Waals surface area contributed by atoms with E-state index in [0.717, 1.165) is 17.4 Å². The van der Waals surface area contributed by atoms with Crippen LogP contribution in [0.2, 0.25) is 5.15 Å². The first-order chi connectivity index (χ1) is 12.1. The second kappa shape index (κ2) is 7.32. The fourth-order valence-corrected chi connectivity index (χ4v) is 2.55. The van der Waals surface area contributed by atoms with Gasteiger partial charge in [-0.15, -0.1) is 0 Å². The summed E-state index contributed by atoms with van der Waals surface area (Å²) in [4.78, 5) is 28.5. The smallest absolute Gasteiger partial charge is 0.267 e. The van der Waals surface area contributed by atoms with Crippen molar-refractivity contribution in [2.24, 2.45) is 0 Å². The molecule has 1 aromatic heterocycles. The molecule has 1 heterocycles. The number of amides is 2. The van der Waals surface area contributed by atoms with E-state index in [0.29, 0.717) is 21.8 Å². The Morgan fingerprint density at radius 3 is 2.24 bits per heavy atom. The molecule has 0 bridgehead atoms. The van der Waals surface area contributed by atoms with E-state index in [2.05, 4.69) is 15.8 Å². The number of fused-ring (bicyclic) bond motifs is 1. The first kappa shape index (κ1) is 16.9. The minimum Gasteiger partial charge on any atom is -0.267 e. The predicted molar refractivity (Wildman–Crippen MR) is 97.5 cm³/mol.